The van der Waals surface area contributed by atoms with Gasteiger partial charge in [-0.25, -0.2) is 4.79 Å². The average Bonchev–Trinajstić information content (AvgIpc) is 1.67. The Balaban J connectivity index is -0.000000245. The van der Waals surface area contributed by atoms with E-state index in [1.54, 1.807) is 0 Å². The summed E-state index contributed by atoms with van der Waals surface area (Å²) in [4.78, 5) is 9.78. The fourth-order valence-electron chi connectivity index (χ4n) is 0.281. The second-order valence-electron chi connectivity index (χ2n) is 1.43. The van der Waals surface area contributed by atoms with Gasteiger partial charge in [0.05, 0.1) is 0 Å². The minimum Gasteiger partial charge on any atom is -1.00 e. The van der Waals surface area contributed by atoms with Gasteiger partial charge in [0, 0.05) is 0 Å². The van der Waals surface area contributed by atoms with Crippen LogP contribution in [0.5, 0.6) is 0 Å². The van der Waals surface area contributed by atoms with Crippen molar-refractivity contribution in [2.24, 2.45) is 5.73 Å². The molecule has 0 aromatic heterocycles. The van der Waals surface area contributed by atoms with Crippen LogP contribution in [0.1, 0.15) is 7.85 Å². The van der Waals surface area contributed by atoms with Crippen molar-refractivity contribution in [1.82, 2.24) is 0 Å². The Kier molecular flexibility index (Phi) is 8.75. The second kappa shape index (κ2) is 6.51. The van der Waals surface area contributed by atoms with E-state index in [0.29, 0.717) is 0 Å². The molecule has 4 N–H and O–H groups in total. The van der Waals surface area contributed by atoms with Gasteiger partial charge in [0.15, 0.2) is 6.10 Å². The van der Waals surface area contributed by atoms with Crippen molar-refractivity contribution < 1.29 is 46.0 Å². The molecule has 0 aliphatic rings. The van der Waals surface area contributed by atoms with Gasteiger partial charge in [-0.15, -0.1) is 0 Å². The van der Waals surface area contributed by atoms with Crippen LogP contribution in [0.15, 0.2) is 0 Å². The molecule has 0 saturated carbocycles. The summed E-state index contributed by atoms with van der Waals surface area (Å²) in [5, 5.41) is 16.5. The summed E-state index contributed by atoms with van der Waals surface area (Å²) in [7, 11) is 0. The summed E-state index contributed by atoms with van der Waals surface area (Å²) in [6, 6.07) is 0. The summed E-state index contributed by atoms with van der Waals surface area (Å²) in [6.07, 6.45) is -1.17. The predicted molar refractivity (Wildman–Crippen MR) is 28.4 cm³/mol. The number of aliphatic carboxylic acids is 1. The zero-order chi connectivity index (χ0) is 6.57. The van der Waals surface area contributed by atoms with Gasteiger partial charge in [-0.05, 0) is 13.0 Å². The van der Waals surface area contributed by atoms with E-state index >= 15 is 0 Å². The number of nitrogens with two attached hydrogens (primary N) is 1. The molecule has 0 bridgehead atoms. The van der Waals surface area contributed by atoms with E-state index in [0.717, 1.165) is 0 Å². The van der Waals surface area contributed by atoms with Crippen molar-refractivity contribution in [2.75, 3.05) is 6.54 Å². The molecule has 9 heavy (non-hydrogen) atoms. The molecule has 50 valence electrons. The van der Waals surface area contributed by atoms with Crippen molar-refractivity contribution in [3.05, 3.63) is 0 Å². The third-order valence-electron chi connectivity index (χ3n) is 0.725. The standard InChI is InChI=1S/C4H9NO3.Na.H/c5-2-1-3(6)4(7)8;;/h3,6H,1-2,5H2,(H,7,8);;/q;+1;-1. The van der Waals surface area contributed by atoms with Crippen molar-refractivity contribution in [1.29, 1.82) is 0 Å². The van der Waals surface area contributed by atoms with Gasteiger partial charge in [0.25, 0.3) is 0 Å². The predicted octanol–water partition coefficient (Wildman–Crippen LogP) is -4.10. The zero-order valence-electron chi connectivity index (χ0n) is 6.37. The minimum absolute atomic E-state index is 0. The Labute approximate surface area is 76.8 Å². The first-order chi connectivity index (χ1) is 3.68. The van der Waals surface area contributed by atoms with Crippen LogP contribution in [0.3, 0.4) is 0 Å². The van der Waals surface area contributed by atoms with E-state index in [9.17, 15) is 4.79 Å². The molecular formula is C4H10NNaO3. The Hall–Kier alpha value is 0.390. The van der Waals surface area contributed by atoms with Gasteiger partial charge in [-0.2, -0.15) is 0 Å². The molecular weight excluding hydrogens is 133 g/mol. The number of rotatable bonds is 3. The Morgan fingerprint density at radius 2 is 2.22 bits per heavy atom. The fourth-order valence-corrected chi connectivity index (χ4v) is 0.281. The molecule has 0 fully saturated rings. The van der Waals surface area contributed by atoms with Crippen molar-refractivity contribution in [2.45, 2.75) is 12.5 Å². The van der Waals surface area contributed by atoms with Crippen LogP contribution < -0.4 is 35.3 Å². The van der Waals surface area contributed by atoms with Crippen LogP contribution in [0, 0.1) is 0 Å². The second-order valence-corrected chi connectivity index (χ2v) is 1.43. The van der Waals surface area contributed by atoms with Crippen LogP contribution in [-0.2, 0) is 4.79 Å². The van der Waals surface area contributed by atoms with Crippen LogP contribution >= 0.6 is 0 Å². The summed E-state index contributed by atoms with van der Waals surface area (Å²) < 4.78 is 0. The molecule has 1 unspecified atom stereocenters. The number of carboxylic acids is 1. The van der Waals surface area contributed by atoms with E-state index in [1.807, 2.05) is 0 Å². The SMILES string of the molecule is NCCC(O)C(=O)O.[H-].[Na+]. The summed E-state index contributed by atoms with van der Waals surface area (Å²) in [5.74, 6) is -1.21. The van der Waals surface area contributed by atoms with E-state index in [-0.39, 0.29) is 43.9 Å². The van der Waals surface area contributed by atoms with Gasteiger partial charge < -0.3 is 17.4 Å². The molecule has 5 heteroatoms. The molecule has 0 rings (SSSR count). The first-order valence-electron chi connectivity index (χ1n) is 2.29. The van der Waals surface area contributed by atoms with Crippen LogP contribution in [0.2, 0.25) is 0 Å². The molecule has 0 heterocycles. The quantitative estimate of drug-likeness (QED) is 0.351. The maximum Gasteiger partial charge on any atom is 1.00 e. The first kappa shape index (κ1) is 12.1. The number of aliphatic hydroxyl groups excluding tert-OH is 1. The maximum atomic E-state index is 9.78. The number of hydrogen-bond donors (Lipinski definition) is 3. The van der Waals surface area contributed by atoms with Crippen LogP contribution in [-0.4, -0.2) is 28.8 Å². The van der Waals surface area contributed by atoms with E-state index in [2.05, 4.69) is 0 Å². The summed E-state index contributed by atoms with van der Waals surface area (Å²) in [6.45, 7) is 0.202. The molecule has 0 aliphatic carbocycles. The normalized spacial score (nSPS) is 11.8. The van der Waals surface area contributed by atoms with E-state index < -0.39 is 12.1 Å². The van der Waals surface area contributed by atoms with E-state index in [1.165, 1.54) is 0 Å². The van der Waals surface area contributed by atoms with Crippen molar-refractivity contribution in [3.8, 4) is 0 Å². The molecule has 0 aliphatic heterocycles. The number of carboxylic acid groups (broad SMARTS) is 1. The Morgan fingerprint density at radius 1 is 1.78 bits per heavy atom. The fraction of sp³-hybridized carbons (Fsp3) is 0.750. The van der Waals surface area contributed by atoms with Crippen molar-refractivity contribution >= 4 is 5.97 Å². The Bertz CT molecular complexity index is 92.6. The van der Waals surface area contributed by atoms with Gasteiger partial charge in [-0.1, -0.05) is 0 Å². The molecule has 0 saturated heterocycles. The Morgan fingerprint density at radius 3 is 2.33 bits per heavy atom. The molecule has 0 amide bonds. The van der Waals surface area contributed by atoms with E-state index in [4.69, 9.17) is 15.9 Å². The number of hydrogen-bond acceptors (Lipinski definition) is 3. The largest absolute Gasteiger partial charge is 1.00 e. The van der Waals surface area contributed by atoms with Crippen molar-refractivity contribution in [3.63, 3.8) is 0 Å². The summed E-state index contributed by atoms with van der Waals surface area (Å²) in [5.41, 5.74) is 4.94. The zero-order valence-corrected chi connectivity index (χ0v) is 7.37. The third kappa shape index (κ3) is 6.27. The third-order valence-corrected chi connectivity index (χ3v) is 0.725. The van der Waals surface area contributed by atoms with Gasteiger partial charge >= 0.3 is 35.5 Å². The molecule has 0 radical (unpaired) electrons. The molecule has 0 aromatic rings. The summed E-state index contributed by atoms with van der Waals surface area (Å²) >= 11 is 0. The molecule has 0 spiro atoms. The topological polar surface area (TPSA) is 83.5 Å². The maximum absolute atomic E-state index is 9.78. The monoisotopic (exact) mass is 143 g/mol. The van der Waals surface area contributed by atoms with Gasteiger partial charge in [-0.3, -0.25) is 0 Å². The molecule has 1 atom stereocenters. The minimum atomic E-state index is -1.29. The smallest absolute Gasteiger partial charge is 1.00 e. The first-order valence-corrected chi connectivity index (χ1v) is 2.29. The van der Waals surface area contributed by atoms with Crippen LogP contribution in [0.4, 0.5) is 0 Å². The van der Waals surface area contributed by atoms with Gasteiger partial charge in [0.1, 0.15) is 0 Å². The number of aliphatic hydroxyl groups is 1. The van der Waals surface area contributed by atoms with Gasteiger partial charge in [0.2, 0.25) is 0 Å². The average molecular weight is 143 g/mol. The number of carbonyl (C=O) groups is 1. The molecule has 4 nitrogen and oxygen atoms in total. The van der Waals surface area contributed by atoms with Crippen LogP contribution in [0.25, 0.3) is 0 Å². The molecule has 0 aromatic carbocycles.